The van der Waals surface area contributed by atoms with Crippen LogP contribution in [0.15, 0.2) is 78.3 Å². The van der Waals surface area contributed by atoms with E-state index in [1.165, 1.54) is 30.6 Å². The van der Waals surface area contributed by atoms with Crippen LogP contribution in [-0.2, 0) is 89.4 Å². The number of nitrogens with zero attached hydrogens (tertiary/aromatic N) is 4. The molecule has 0 radical (unpaired) electrons. The summed E-state index contributed by atoms with van der Waals surface area (Å²) in [6.45, 7) is 15.0. The lowest BCUT2D eigenvalue weighted by atomic mass is 9.89. The van der Waals surface area contributed by atoms with Gasteiger partial charge in [0, 0.05) is 89.7 Å². The van der Waals surface area contributed by atoms with Crippen molar-refractivity contribution in [1.82, 2.24) is 56.9 Å². The first-order valence-corrected chi connectivity index (χ1v) is 39.8. The normalized spacial score (nSPS) is 17.0. The highest BCUT2D eigenvalue weighted by Crippen LogP contribution is 2.33. The second-order valence-electron chi connectivity index (χ2n) is 29.3. The summed E-state index contributed by atoms with van der Waals surface area (Å²) in [5.41, 5.74) is 6.03. The summed E-state index contributed by atoms with van der Waals surface area (Å²) < 4.78 is 34.5. The van der Waals surface area contributed by atoms with Crippen LogP contribution in [0.4, 0.5) is 15.3 Å². The maximum Gasteiger partial charge on any atom is 0.407 e. The molecule has 0 spiro atoms. The highest BCUT2D eigenvalue weighted by molar-refractivity contribution is 7.09. The van der Waals surface area contributed by atoms with Crippen molar-refractivity contribution in [3.05, 3.63) is 94.5 Å². The minimum atomic E-state index is -1.24. The average Bonchev–Trinajstić information content (AvgIpc) is 1.76. The third-order valence-electron chi connectivity index (χ3n) is 20.5. The Labute approximate surface area is 656 Å². The summed E-state index contributed by atoms with van der Waals surface area (Å²) in [7, 11) is 4.79. The molecular weight excluding hydrogens is 1450 g/mol. The van der Waals surface area contributed by atoms with E-state index in [2.05, 4.69) is 47.5 Å². The van der Waals surface area contributed by atoms with Crippen molar-refractivity contribution in [2.75, 3.05) is 92.4 Å². The van der Waals surface area contributed by atoms with Crippen LogP contribution in [0.1, 0.15) is 167 Å². The molecule has 1 saturated heterocycles. The van der Waals surface area contributed by atoms with E-state index in [0.29, 0.717) is 88.4 Å². The molecule has 1 aliphatic carbocycles. The highest BCUT2D eigenvalue weighted by Gasteiger charge is 2.47. The summed E-state index contributed by atoms with van der Waals surface area (Å²) in [6, 6.07) is 11.3. The zero-order valence-electron chi connectivity index (χ0n) is 66.1. The van der Waals surface area contributed by atoms with Gasteiger partial charge in [0.1, 0.15) is 35.3 Å². The molecular formula is C79H119N13O18S. The van der Waals surface area contributed by atoms with Crippen molar-refractivity contribution in [1.29, 1.82) is 0 Å². The van der Waals surface area contributed by atoms with Gasteiger partial charge in [-0.2, -0.15) is 0 Å². The SMILES string of the molecule is CC[C@H](C)[C@@H]([C@@H](CC(=O)N1CCC[C@H]1[C@H](OC)[C@@H](C)C(=O)N[C@@H](Cc1ccccc1)c1nccs1)OC)N(C)C(=O)[C@@H](NC(=O)C1(NC(=O)CCOCCOCCOCCNC(=O)OCc2ccc(NC(=O)[C@H](CCCNC(N)=O)NC(=O)[C@@H](NC(=O)CCCCCN3C(=O)C=CC3=O)C(C)C)cc2)CCCC1)C(C)C. The van der Waals surface area contributed by atoms with Crippen LogP contribution < -0.4 is 48.3 Å². The molecule has 10 N–H and O–H groups in total. The van der Waals surface area contributed by atoms with E-state index in [1.54, 1.807) is 68.3 Å². The van der Waals surface area contributed by atoms with Crippen molar-refractivity contribution < 1.29 is 86.0 Å². The summed E-state index contributed by atoms with van der Waals surface area (Å²) in [5.74, 6) is -5.28. The fraction of sp³-hybridized carbons (Fsp3) is 0.633. The Bertz CT molecular complexity index is 3490. The number of likely N-dealkylation sites (N-methyl/N-ethyl adjacent to an activating group) is 1. The lowest BCUT2D eigenvalue weighted by Gasteiger charge is -2.41. The van der Waals surface area contributed by atoms with Gasteiger partial charge in [0.15, 0.2) is 0 Å². The summed E-state index contributed by atoms with van der Waals surface area (Å²) >= 11 is 1.48. The molecule has 10 atom stereocenters. The zero-order valence-corrected chi connectivity index (χ0v) is 67.0. The number of unbranched alkanes of at least 4 members (excludes halogenated alkanes) is 2. The third kappa shape index (κ3) is 29.3. The van der Waals surface area contributed by atoms with E-state index in [1.807, 2.05) is 70.3 Å². The molecule has 6 rings (SSSR count). The zero-order chi connectivity index (χ0) is 81.0. The number of amides is 13. The van der Waals surface area contributed by atoms with Crippen LogP contribution in [0.25, 0.3) is 0 Å². The van der Waals surface area contributed by atoms with E-state index in [9.17, 15) is 57.5 Å². The fourth-order valence-corrected chi connectivity index (χ4v) is 14.7. The number of alkyl carbamates (subject to hydrolysis) is 1. The molecule has 32 heteroatoms. The van der Waals surface area contributed by atoms with E-state index < -0.39 is 83.7 Å². The third-order valence-corrected chi connectivity index (χ3v) is 21.4. The molecule has 2 aromatic carbocycles. The highest BCUT2D eigenvalue weighted by atomic mass is 32.1. The molecule has 2 fully saturated rings. The van der Waals surface area contributed by atoms with E-state index in [4.69, 9.17) is 34.2 Å². The fourth-order valence-electron chi connectivity index (χ4n) is 14.1. The van der Waals surface area contributed by atoms with Gasteiger partial charge in [0.2, 0.25) is 47.3 Å². The number of urea groups is 1. The van der Waals surface area contributed by atoms with Crippen LogP contribution >= 0.6 is 11.3 Å². The maximum atomic E-state index is 14.8. The van der Waals surface area contributed by atoms with Gasteiger partial charge in [-0.15, -0.1) is 11.3 Å². The number of aromatic nitrogens is 1. The van der Waals surface area contributed by atoms with Crippen molar-refractivity contribution in [2.45, 2.75) is 212 Å². The topological polar surface area (TPSA) is 405 Å². The number of methoxy groups -OCH3 is 2. The van der Waals surface area contributed by atoms with Crippen LogP contribution in [0.2, 0.25) is 0 Å². The number of imide groups is 1. The second kappa shape index (κ2) is 47.4. The largest absolute Gasteiger partial charge is 0.445 e. The molecule has 13 amide bonds. The predicted molar refractivity (Wildman–Crippen MR) is 416 cm³/mol. The van der Waals surface area contributed by atoms with Crippen LogP contribution in [0, 0.1) is 23.7 Å². The van der Waals surface area contributed by atoms with Gasteiger partial charge in [-0.05, 0) is 98.8 Å². The number of anilines is 1. The summed E-state index contributed by atoms with van der Waals surface area (Å²) in [6.07, 6.45) is 8.82. The van der Waals surface area contributed by atoms with Crippen LogP contribution in [0.3, 0.4) is 0 Å². The molecule has 614 valence electrons. The Kier molecular flexibility index (Phi) is 38.8. The minimum Gasteiger partial charge on any atom is -0.445 e. The number of carbonyl (C=O) groups is 12. The number of primary amides is 1. The van der Waals surface area contributed by atoms with Gasteiger partial charge in [0.25, 0.3) is 11.8 Å². The monoisotopic (exact) mass is 1570 g/mol. The lowest BCUT2D eigenvalue weighted by Crippen LogP contribution is -2.63. The smallest absolute Gasteiger partial charge is 0.407 e. The summed E-state index contributed by atoms with van der Waals surface area (Å²) in [4.78, 5) is 168. The molecule has 31 nitrogen and oxygen atoms in total. The number of rotatable bonds is 50. The molecule has 2 aliphatic heterocycles. The van der Waals surface area contributed by atoms with Gasteiger partial charge in [0.05, 0.1) is 82.3 Å². The Morgan fingerprint density at radius 1 is 0.694 bits per heavy atom. The molecule has 3 aliphatic rings. The maximum absolute atomic E-state index is 14.8. The first-order valence-electron chi connectivity index (χ1n) is 38.9. The molecule has 3 heterocycles. The van der Waals surface area contributed by atoms with Crippen molar-refractivity contribution >= 4 is 88.2 Å². The Morgan fingerprint density at radius 2 is 1.36 bits per heavy atom. The number of thiazole rings is 1. The number of hydrogen-bond donors (Lipinski definition) is 9. The van der Waals surface area contributed by atoms with Gasteiger partial charge in [-0.25, -0.2) is 14.6 Å². The number of benzene rings is 2. The van der Waals surface area contributed by atoms with Crippen molar-refractivity contribution in [2.24, 2.45) is 29.4 Å². The number of carbonyl (C=O) groups excluding carboxylic acids is 12. The average molecular weight is 1570 g/mol. The van der Waals surface area contributed by atoms with Crippen LogP contribution in [0.5, 0.6) is 0 Å². The van der Waals surface area contributed by atoms with Gasteiger partial charge in [-0.3, -0.25) is 52.8 Å². The Balaban J connectivity index is 0.862. The quantitative estimate of drug-likeness (QED) is 0.0235. The molecule has 111 heavy (non-hydrogen) atoms. The van der Waals surface area contributed by atoms with Gasteiger partial charge in [-0.1, -0.05) is 117 Å². The molecule has 0 unspecified atom stereocenters. The number of ether oxygens (including phenoxy) is 6. The van der Waals surface area contributed by atoms with Crippen molar-refractivity contribution in [3.63, 3.8) is 0 Å². The first kappa shape index (κ1) is 90.9. The van der Waals surface area contributed by atoms with E-state index in [-0.39, 0.29) is 163 Å². The van der Waals surface area contributed by atoms with E-state index >= 15 is 0 Å². The molecule has 1 aromatic heterocycles. The number of nitrogens with two attached hydrogens (primary N) is 1. The van der Waals surface area contributed by atoms with Crippen molar-refractivity contribution in [3.8, 4) is 0 Å². The number of likely N-dealkylation sites (tertiary alicyclic amines) is 1. The minimum absolute atomic E-state index is 0.0242. The molecule has 0 bridgehead atoms. The van der Waals surface area contributed by atoms with Gasteiger partial charge < -0.3 is 86.5 Å². The number of hydrogen-bond acceptors (Lipinski definition) is 20. The summed E-state index contributed by atoms with van der Waals surface area (Å²) in [5, 5.41) is 25.3. The molecule has 3 aromatic rings. The van der Waals surface area contributed by atoms with Crippen LogP contribution in [-0.4, -0.2) is 226 Å². The predicted octanol–water partition coefficient (Wildman–Crippen LogP) is 5.90. The lowest BCUT2D eigenvalue weighted by molar-refractivity contribution is -0.148. The number of nitrogens with one attached hydrogen (secondary N) is 8. The first-order chi connectivity index (χ1) is 53.2. The molecule has 1 saturated carbocycles. The Morgan fingerprint density at radius 3 is 1.98 bits per heavy atom. The van der Waals surface area contributed by atoms with E-state index in [0.717, 1.165) is 15.5 Å². The standard InChI is InChI=1S/C79H119N13O18S/c1-11-53(6)69(61(105-9)49-66(97)91-40-21-25-60(91)70(106-10)54(7)71(98)86-59(74-81-38-47-111-74)48-55-22-14-12-15-23-55)90(8)75(101)68(52(4)5)88-76(102)79(34-17-18-35-79)89-63(94)33-41-107-43-45-109-46-44-108-42-37-83-78(104)110-50-56-27-29-57(30-28-56)84-72(99)58(24-20-36-82-77(80)103)85-73(100)67(51(2)3)87-62(93)26-16-13-19-39-92-64(95)31-32-65(92)96/h12,14-15,22-23,27-32,38,47,51-54,58-61,67-70H,11,13,16-21,24-26,33-37,39-46,48-50H2,1-10H3,(H,83,104)(H,84,99)(H,85,100)(H,86,98)(H,87,93)(H,88,102)(H,89,94)(H3,80,82,103)/t53-,54+,58-,59-,60-,61+,67-,68-,69-,70+/m0/s1. The van der Waals surface area contributed by atoms with Gasteiger partial charge >= 0.3 is 12.1 Å². The second-order valence-corrected chi connectivity index (χ2v) is 30.2. The Hall–Kier alpha value is -8.95.